The molecule has 3 nitrogen and oxygen atoms in total. The van der Waals surface area contributed by atoms with Gasteiger partial charge in [-0.1, -0.05) is 38.0 Å². The van der Waals surface area contributed by atoms with Crippen LogP contribution in [0.3, 0.4) is 0 Å². The maximum atomic E-state index is 12.2. The van der Waals surface area contributed by atoms with E-state index in [9.17, 15) is 4.79 Å². The molecule has 0 aliphatic heterocycles. The first kappa shape index (κ1) is 14.7. The summed E-state index contributed by atoms with van der Waals surface area (Å²) in [6, 6.07) is 5.84. The van der Waals surface area contributed by atoms with Crippen molar-refractivity contribution in [2.75, 3.05) is 6.54 Å². The van der Waals surface area contributed by atoms with E-state index in [2.05, 4.69) is 32.2 Å². The molecule has 1 rings (SSSR count). The molecule has 0 saturated heterocycles. The van der Waals surface area contributed by atoms with E-state index >= 15 is 0 Å². The lowest BCUT2D eigenvalue weighted by Gasteiger charge is -2.30. The minimum Gasteiger partial charge on any atom is -0.348 e. The normalized spacial score (nSPS) is 13.2. The zero-order valence-electron chi connectivity index (χ0n) is 12.0. The van der Waals surface area contributed by atoms with E-state index in [-0.39, 0.29) is 17.4 Å². The van der Waals surface area contributed by atoms with Crippen molar-refractivity contribution >= 4 is 5.91 Å². The highest BCUT2D eigenvalue weighted by Gasteiger charge is 2.25. The molecule has 1 amide bonds. The van der Waals surface area contributed by atoms with E-state index in [1.54, 1.807) is 0 Å². The van der Waals surface area contributed by atoms with Crippen LogP contribution in [0.1, 0.15) is 42.3 Å². The highest BCUT2D eigenvalue weighted by atomic mass is 16.1. The lowest BCUT2D eigenvalue weighted by atomic mass is 9.86. The van der Waals surface area contributed by atoms with Gasteiger partial charge in [-0.2, -0.15) is 0 Å². The van der Waals surface area contributed by atoms with Crippen LogP contribution in [0.15, 0.2) is 18.2 Å². The fourth-order valence-electron chi connectivity index (χ4n) is 1.98. The van der Waals surface area contributed by atoms with Gasteiger partial charge in [-0.25, -0.2) is 0 Å². The van der Waals surface area contributed by atoms with Gasteiger partial charge in [-0.05, 0) is 31.4 Å². The number of carbonyl (C=O) groups is 1. The van der Waals surface area contributed by atoms with Gasteiger partial charge >= 0.3 is 0 Å². The smallest absolute Gasteiger partial charge is 0.251 e. The molecule has 0 aliphatic rings. The summed E-state index contributed by atoms with van der Waals surface area (Å²) < 4.78 is 0. The molecule has 0 heterocycles. The number of carbonyl (C=O) groups excluding carboxylic acids is 1. The Hall–Kier alpha value is -1.35. The van der Waals surface area contributed by atoms with E-state index in [0.717, 1.165) is 11.1 Å². The van der Waals surface area contributed by atoms with Crippen LogP contribution in [-0.4, -0.2) is 18.5 Å². The summed E-state index contributed by atoms with van der Waals surface area (Å²) in [7, 11) is 0. The summed E-state index contributed by atoms with van der Waals surface area (Å²) in [5, 5.41) is 3.01. The summed E-state index contributed by atoms with van der Waals surface area (Å²) in [5.74, 6) is -0.0489. The Morgan fingerprint density at radius 1 is 1.22 bits per heavy atom. The standard InChI is InChI=1S/C15H24N2O/c1-10-6-11(2)8-12(7-10)14(18)17-13(9-16)15(3,4)5/h6-8,13H,9,16H2,1-5H3,(H,17,18). The molecule has 3 heteroatoms. The molecule has 3 N–H and O–H groups in total. The van der Waals surface area contributed by atoms with E-state index in [0.29, 0.717) is 12.1 Å². The van der Waals surface area contributed by atoms with Crippen LogP contribution in [-0.2, 0) is 0 Å². The fraction of sp³-hybridized carbons (Fsp3) is 0.533. The first-order valence-electron chi connectivity index (χ1n) is 6.33. The number of amides is 1. The SMILES string of the molecule is Cc1cc(C)cc(C(=O)NC(CN)C(C)(C)C)c1. The van der Waals surface area contributed by atoms with E-state index in [4.69, 9.17) is 5.73 Å². The van der Waals surface area contributed by atoms with Gasteiger partial charge < -0.3 is 11.1 Å². The Balaban J connectivity index is 2.88. The van der Waals surface area contributed by atoms with Crippen LogP contribution in [0.2, 0.25) is 0 Å². The number of hydrogen-bond acceptors (Lipinski definition) is 2. The number of hydrogen-bond donors (Lipinski definition) is 2. The van der Waals surface area contributed by atoms with Gasteiger partial charge in [-0.3, -0.25) is 4.79 Å². The highest BCUT2D eigenvalue weighted by Crippen LogP contribution is 2.19. The maximum absolute atomic E-state index is 12.2. The Morgan fingerprint density at radius 2 is 1.72 bits per heavy atom. The average Bonchev–Trinajstić information content (AvgIpc) is 2.22. The second kappa shape index (κ2) is 5.53. The van der Waals surface area contributed by atoms with E-state index in [1.807, 2.05) is 26.0 Å². The number of benzene rings is 1. The van der Waals surface area contributed by atoms with Crippen molar-refractivity contribution < 1.29 is 4.79 Å². The van der Waals surface area contributed by atoms with Crippen LogP contribution in [0.25, 0.3) is 0 Å². The number of nitrogens with two attached hydrogens (primary N) is 1. The van der Waals surface area contributed by atoms with Crippen molar-refractivity contribution in [3.05, 3.63) is 34.9 Å². The predicted molar refractivity (Wildman–Crippen MR) is 75.7 cm³/mol. The van der Waals surface area contributed by atoms with Gasteiger partial charge in [0, 0.05) is 18.2 Å². The van der Waals surface area contributed by atoms with Crippen molar-refractivity contribution in [2.24, 2.45) is 11.1 Å². The van der Waals surface area contributed by atoms with Gasteiger partial charge in [0.2, 0.25) is 0 Å². The summed E-state index contributed by atoms with van der Waals surface area (Å²) in [6.07, 6.45) is 0. The fourth-order valence-corrected chi connectivity index (χ4v) is 1.98. The Morgan fingerprint density at radius 3 is 2.11 bits per heavy atom. The monoisotopic (exact) mass is 248 g/mol. The summed E-state index contributed by atoms with van der Waals surface area (Å²) >= 11 is 0. The van der Waals surface area contributed by atoms with Gasteiger partial charge in [0.1, 0.15) is 0 Å². The van der Waals surface area contributed by atoms with Crippen molar-refractivity contribution in [3.63, 3.8) is 0 Å². The quantitative estimate of drug-likeness (QED) is 0.863. The first-order chi connectivity index (χ1) is 8.24. The first-order valence-corrected chi connectivity index (χ1v) is 6.33. The predicted octanol–water partition coefficient (Wildman–Crippen LogP) is 2.41. The molecule has 1 unspecified atom stereocenters. The highest BCUT2D eigenvalue weighted by molar-refractivity contribution is 5.94. The van der Waals surface area contributed by atoms with Crippen molar-refractivity contribution in [3.8, 4) is 0 Å². The Bertz CT molecular complexity index is 412. The minimum absolute atomic E-state index is 0.0224. The number of rotatable bonds is 3. The molecule has 0 bridgehead atoms. The largest absolute Gasteiger partial charge is 0.348 e. The van der Waals surface area contributed by atoms with Gasteiger partial charge in [0.25, 0.3) is 5.91 Å². The molecule has 0 radical (unpaired) electrons. The van der Waals surface area contributed by atoms with Gasteiger partial charge in [-0.15, -0.1) is 0 Å². The number of nitrogens with one attached hydrogen (secondary N) is 1. The zero-order valence-corrected chi connectivity index (χ0v) is 12.0. The van der Waals surface area contributed by atoms with Crippen LogP contribution in [0.4, 0.5) is 0 Å². The van der Waals surface area contributed by atoms with Gasteiger partial charge in [0.05, 0.1) is 0 Å². The van der Waals surface area contributed by atoms with Crippen LogP contribution in [0.5, 0.6) is 0 Å². The lowest BCUT2D eigenvalue weighted by Crippen LogP contribution is -2.48. The maximum Gasteiger partial charge on any atom is 0.251 e. The third kappa shape index (κ3) is 3.84. The molecule has 0 spiro atoms. The van der Waals surface area contributed by atoms with Crippen LogP contribution >= 0.6 is 0 Å². The summed E-state index contributed by atoms with van der Waals surface area (Å²) in [6.45, 7) is 10.7. The lowest BCUT2D eigenvalue weighted by molar-refractivity contribution is 0.0905. The Kier molecular flexibility index (Phi) is 4.52. The third-order valence-electron chi connectivity index (χ3n) is 3.07. The molecule has 18 heavy (non-hydrogen) atoms. The van der Waals surface area contributed by atoms with Crippen molar-refractivity contribution in [1.29, 1.82) is 0 Å². The molecular weight excluding hydrogens is 224 g/mol. The Labute approximate surface area is 110 Å². The molecule has 0 aromatic heterocycles. The summed E-state index contributed by atoms with van der Waals surface area (Å²) in [5.41, 5.74) is 8.59. The third-order valence-corrected chi connectivity index (χ3v) is 3.07. The molecule has 0 aliphatic carbocycles. The second-order valence-corrected chi connectivity index (χ2v) is 6.00. The number of aryl methyl sites for hydroxylation is 2. The van der Waals surface area contributed by atoms with Crippen molar-refractivity contribution in [2.45, 2.75) is 40.7 Å². The molecule has 1 aromatic carbocycles. The average molecular weight is 248 g/mol. The van der Waals surface area contributed by atoms with Crippen LogP contribution in [0, 0.1) is 19.3 Å². The zero-order chi connectivity index (χ0) is 13.9. The topological polar surface area (TPSA) is 55.1 Å². The van der Waals surface area contributed by atoms with Gasteiger partial charge in [0.15, 0.2) is 0 Å². The molecule has 0 saturated carbocycles. The molecule has 100 valence electrons. The minimum atomic E-state index is -0.0489. The molecule has 0 fully saturated rings. The second-order valence-electron chi connectivity index (χ2n) is 6.00. The molecule has 1 atom stereocenters. The molecule has 1 aromatic rings. The molecular formula is C15H24N2O. The van der Waals surface area contributed by atoms with Crippen LogP contribution < -0.4 is 11.1 Å². The van der Waals surface area contributed by atoms with E-state index in [1.165, 1.54) is 0 Å². The summed E-state index contributed by atoms with van der Waals surface area (Å²) in [4.78, 5) is 12.2. The van der Waals surface area contributed by atoms with Crippen molar-refractivity contribution in [1.82, 2.24) is 5.32 Å². The van der Waals surface area contributed by atoms with E-state index < -0.39 is 0 Å².